The van der Waals surface area contributed by atoms with Crippen LogP contribution in [-0.4, -0.2) is 19.8 Å². The first kappa shape index (κ1) is 15.5. The third kappa shape index (κ3) is 3.23. The Morgan fingerprint density at radius 1 is 1.20 bits per heavy atom. The zero-order chi connectivity index (χ0) is 14.8. The number of aryl methyl sites for hydroxylation is 1. The monoisotopic (exact) mass is 329 g/mol. The first-order chi connectivity index (χ1) is 9.45. The lowest BCUT2D eigenvalue weighted by atomic mass is 10.1. The molecule has 0 fully saturated rings. The molecule has 0 bridgehead atoms. The van der Waals surface area contributed by atoms with Crippen LogP contribution in [0.1, 0.15) is 16.0 Å². The Bertz CT molecular complexity index is 695. The highest BCUT2D eigenvalue weighted by molar-refractivity contribution is 7.91. The van der Waals surface area contributed by atoms with E-state index < -0.39 is 10.0 Å². The van der Waals surface area contributed by atoms with Crippen molar-refractivity contribution >= 4 is 33.0 Å². The van der Waals surface area contributed by atoms with Gasteiger partial charge in [0.25, 0.3) is 10.0 Å². The first-order valence-corrected chi connectivity index (χ1v) is 8.90. The number of rotatable bonds is 5. The lowest BCUT2D eigenvalue weighted by Gasteiger charge is -2.17. The van der Waals surface area contributed by atoms with Gasteiger partial charge >= 0.3 is 0 Å². The van der Waals surface area contributed by atoms with Crippen LogP contribution in [0.15, 0.2) is 40.6 Å². The fraction of sp³-hybridized carbons (Fsp3) is 0.286. The summed E-state index contributed by atoms with van der Waals surface area (Å²) in [6.45, 7) is 2.34. The zero-order valence-corrected chi connectivity index (χ0v) is 13.7. The van der Waals surface area contributed by atoms with Crippen molar-refractivity contribution in [2.75, 3.05) is 7.05 Å². The highest BCUT2D eigenvalue weighted by Crippen LogP contribution is 2.26. The lowest BCUT2D eigenvalue weighted by Crippen LogP contribution is -2.26. The number of halogens is 1. The SMILES string of the molecule is Cc1ccccc1CN(C)S(=O)(=O)c1ccc(CCl)s1. The molecule has 1 aromatic carbocycles. The van der Waals surface area contributed by atoms with E-state index in [-0.39, 0.29) is 0 Å². The average Bonchev–Trinajstić information content (AvgIpc) is 2.90. The van der Waals surface area contributed by atoms with Crippen LogP contribution in [0, 0.1) is 6.92 Å². The summed E-state index contributed by atoms with van der Waals surface area (Å²) in [6, 6.07) is 11.2. The standard InChI is InChI=1S/C14H16ClNO2S2/c1-11-5-3-4-6-12(11)10-16(2)20(17,18)14-8-7-13(9-15)19-14/h3-8H,9-10H2,1-2H3. The molecular weight excluding hydrogens is 314 g/mol. The summed E-state index contributed by atoms with van der Waals surface area (Å²) in [4.78, 5) is 0.856. The maximum Gasteiger partial charge on any atom is 0.252 e. The van der Waals surface area contributed by atoms with E-state index >= 15 is 0 Å². The van der Waals surface area contributed by atoms with Crippen LogP contribution in [0.5, 0.6) is 0 Å². The van der Waals surface area contributed by atoms with Gasteiger partial charge in [0.2, 0.25) is 0 Å². The average molecular weight is 330 g/mol. The molecule has 0 spiro atoms. The van der Waals surface area contributed by atoms with Crippen LogP contribution in [0.4, 0.5) is 0 Å². The van der Waals surface area contributed by atoms with E-state index in [2.05, 4.69) is 0 Å². The summed E-state index contributed by atoms with van der Waals surface area (Å²) in [5, 5.41) is 0. The molecule has 6 heteroatoms. The summed E-state index contributed by atoms with van der Waals surface area (Å²) < 4.78 is 26.7. The van der Waals surface area contributed by atoms with E-state index in [1.807, 2.05) is 31.2 Å². The van der Waals surface area contributed by atoms with Gasteiger partial charge in [0.05, 0.1) is 5.88 Å². The summed E-state index contributed by atoms with van der Waals surface area (Å²) in [6.07, 6.45) is 0. The molecule has 2 aromatic rings. The summed E-state index contributed by atoms with van der Waals surface area (Å²) >= 11 is 6.94. The van der Waals surface area contributed by atoms with Crippen molar-refractivity contribution in [3.05, 3.63) is 52.4 Å². The number of benzene rings is 1. The molecule has 0 saturated heterocycles. The molecule has 1 heterocycles. The van der Waals surface area contributed by atoms with Crippen LogP contribution in [-0.2, 0) is 22.4 Å². The van der Waals surface area contributed by atoms with Crippen LogP contribution in [0.2, 0.25) is 0 Å². The molecule has 0 amide bonds. The van der Waals surface area contributed by atoms with Crippen molar-refractivity contribution in [1.29, 1.82) is 0 Å². The van der Waals surface area contributed by atoms with Gasteiger partial charge in [-0.3, -0.25) is 0 Å². The molecule has 0 saturated carbocycles. The van der Waals surface area contributed by atoms with Crippen molar-refractivity contribution in [2.24, 2.45) is 0 Å². The van der Waals surface area contributed by atoms with Crippen LogP contribution < -0.4 is 0 Å². The molecule has 0 atom stereocenters. The minimum atomic E-state index is -3.45. The van der Waals surface area contributed by atoms with Crippen molar-refractivity contribution in [3.63, 3.8) is 0 Å². The van der Waals surface area contributed by atoms with E-state index in [1.165, 1.54) is 15.6 Å². The molecule has 0 aliphatic carbocycles. The van der Waals surface area contributed by atoms with Gasteiger partial charge in [-0.2, -0.15) is 4.31 Å². The molecule has 0 unspecified atom stereocenters. The Morgan fingerprint density at radius 3 is 2.50 bits per heavy atom. The van der Waals surface area contributed by atoms with Gasteiger partial charge in [-0.05, 0) is 30.2 Å². The van der Waals surface area contributed by atoms with Gasteiger partial charge in [0.15, 0.2) is 0 Å². The molecule has 3 nitrogen and oxygen atoms in total. The van der Waals surface area contributed by atoms with Crippen LogP contribution in [0.3, 0.4) is 0 Å². The van der Waals surface area contributed by atoms with Crippen molar-refractivity contribution in [1.82, 2.24) is 4.31 Å². The molecule has 20 heavy (non-hydrogen) atoms. The molecule has 2 rings (SSSR count). The number of hydrogen-bond donors (Lipinski definition) is 0. The van der Waals surface area contributed by atoms with Crippen LogP contribution in [0.25, 0.3) is 0 Å². The largest absolute Gasteiger partial charge is 0.252 e. The smallest absolute Gasteiger partial charge is 0.206 e. The van der Waals surface area contributed by atoms with E-state index in [9.17, 15) is 8.42 Å². The molecule has 108 valence electrons. The second kappa shape index (κ2) is 6.26. The normalized spacial score (nSPS) is 12.0. The minimum Gasteiger partial charge on any atom is -0.206 e. The first-order valence-electron chi connectivity index (χ1n) is 6.10. The highest BCUT2D eigenvalue weighted by atomic mass is 35.5. The van der Waals surface area contributed by atoms with Gasteiger partial charge in [-0.15, -0.1) is 22.9 Å². The number of sulfonamides is 1. The predicted octanol–water partition coefficient (Wildman–Crippen LogP) is 3.62. The Hall–Kier alpha value is -0.880. The Morgan fingerprint density at radius 2 is 1.90 bits per heavy atom. The van der Waals surface area contributed by atoms with Crippen molar-refractivity contribution in [3.8, 4) is 0 Å². The van der Waals surface area contributed by atoms with Crippen LogP contribution >= 0.6 is 22.9 Å². The fourth-order valence-corrected chi connectivity index (χ4v) is 4.65. The second-order valence-corrected chi connectivity index (χ2v) is 8.25. The third-order valence-corrected chi connectivity index (χ3v) is 6.89. The van der Waals surface area contributed by atoms with Crippen molar-refractivity contribution < 1.29 is 8.42 Å². The molecule has 0 aliphatic rings. The van der Waals surface area contributed by atoms with E-state index in [1.54, 1.807) is 19.2 Å². The van der Waals surface area contributed by atoms with E-state index in [0.717, 1.165) is 16.0 Å². The molecule has 0 radical (unpaired) electrons. The van der Waals surface area contributed by atoms with Gasteiger partial charge in [-0.25, -0.2) is 8.42 Å². The topological polar surface area (TPSA) is 37.4 Å². The molecule has 0 N–H and O–H groups in total. The highest BCUT2D eigenvalue weighted by Gasteiger charge is 2.23. The Kier molecular flexibility index (Phi) is 4.86. The van der Waals surface area contributed by atoms with Gasteiger partial charge in [0.1, 0.15) is 4.21 Å². The van der Waals surface area contributed by atoms with E-state index in [4.69, 9.17) is 11.6 Å². The van der Waals surface area contributed by atoms with E-state index in [0.29, 0.717) is 16.6 Å². The van der Waals surface area contributed by atoms with Crippen molar-refractivity contribution in [2.45, 2.75) is 23.6 Å². The summed E-state index contributed by atoms with van der Waals surface area (Å²) in [5.74, 6) is 0.335. The number of alkyl halides is 1. The maximum atomic E-state index is 12.5. The lowest BCUT2D eigenvalue weighted by molar-refractivity contribution is 0.467. The zero-order valence-electron chi connectivity index (χ0n) is 11.3. The second-order valence-electron chi connectivity index (χ2n) is 4.54. The minimum absolute atomic E-state index is 0.335. The number of hydrogen-bond acceptors (Lipinski definition) is 3. The number of nitrogens with zero attached hydrogens (tertiary/aromatic N) is 1. The summed E-state index contributed by atoms with van der Waals surface area (Å²) in [7, 11) is -1.85. The molecule has 1 aromatic heterocycles. The number of thiophene rings is 1. The van der Waals surface area contributed by atoms with Gasteiger partial charge in [0, 0.05) is 18.5 Å². The molecule has 0 aliphatic heterocycles. The third-order valence-electron chi connectivity index (χ3n) is 3.09. The Labute approximate surface area is 128 Å². The summed E-state index contributed by atoms with van der Waals surface area (Å²) in [5.41, 5.74) is 2.09. The molecular formula is C14H16ClNO2S2. The Balaban J connectivity index is 2.23. The maximum absolute atomic E-state index is 12.5. The predicted molar refractivity (Wildman–Crippen MR) is 83.7 cm³/mol. The fourth-order valence-electron chi connectivity index (χ4n) is 1.83. The van der Waals surface area contributed by atoms with Gasteiger partial charge in [-0.1, -0.05) is 24.3 Å². The van der Waals surface area contributed by atoms with Gasteiger partial charge < -0.3 is 0 Å². The quantitative estimate of drug-likeness (QED) is 0.786.